The van der Waals surface area contributed by atoms with Gasteiger partial charge in [0.05, 0.1) is 18.5 Å². The highest BCUT2D eigenvalue weighted by molar-refractivity contribution is 5.90. The highest BCUT2D eigenvalue weighted by Crippen LogP contribution is 2.23. The normalized spacial score (nSPS) is 11.2. The number of anilines is 1. The van der Waals surface area contributed by atoms with Gasteiger partial charge in [-0.25, -0.2) is 5.43 Å². The lowest BCUT2D eigenvalue weighted by Gasteiger charge is -2.07. The van der Waals surface area contributed by atoms with Gasteiger partial charge in [-0.3, -0.25) is 0 Å². The van der Waals surface area contributed by atoms with Crippen LogP contribution in [0, 0.1) is 0 Å². The van der Waals surface area contributed by atoms with Crippen LogP contribution in [0.2, 0.25) is 0 Å². The van der Waals surface area contributed by atoms with E-state index in [4.69, 9.17) is 4.74 Å². The molecule has 4 rings (SSSR count). The van der Waals surface area contributed by atoms with E-state index < -0.39 is 0 Å². The number of tetrazole rings is 1. The Morgan fingerprint density at radius 2 is 1.86 bits per heavy atom. The summed E-state index contributed by atoms with van der Waals surface area (Å²) in [5.74, 6) is 1.31. The minimum Gasteiger partial charge on any atom is -0.494 e. The van der Waals surface area contributed by atoms with Crippen LogP contribution in [0.1, 0.15) is 25.3 Å². The molecule has 0 unspecified atom stereocenters. The van der Waals surface area contributed by atoms with E-state index in [1.165, 1.54) is 0 Å². The van der Waals surface area contributed by atoms with Crippen molar-refractivity contribution in [1.29, 1.82) is 0 Å². The summed E-state index contributed by atoms with van der Waals surface area (Å²) in [7, 11) is 0. The molecule has 0 spiro atoms. The van der Waals surface area contributed by atoms with Crippen LogP contribution in [0.15, 0.2) is 71.8 Å². The van der Waals surface area contributed by atoms with Crippen molar-refractivity contribution in [3.63, 3.8) is 0 Å². The molecule has 0 atom stereocenters. The Hall–Kier alpha value is -3.74. The zero-order valence-corrected chi connectivity index (χ0v) is 16.2. The van der Waals surface area contributed by atoms with Crippen molar-refractivity contribution >= 4 is 22.9 Å². The third-order valence-electron chi connectivity index (χ3n) is 4.49. The molecule has 1 N–H and O–H groups in total. The molecule has 1 aromatic heterocycles. The third kappa shape index (κ3) is 4.40. The minimum atomic E-state index is 0.442. The number of nitrogens with zero attached hydrogens (tertiary/aromatic N) is 5. The lowest BCUT2D eigenvalue weighted by molar-refractivity contribution is 0.309. The van der Waals surface area contributed by atoms with Crippen molar-refractivity contribution in [1.82, 2.24) is 20.2 Å². The van der Waals surface area contributed by atoms with Crippen LogP contribution in [0.25, 0.3) is 16.5 Å². The van der Waals surface area contributed by atoms with Crippen LogP contribution in [-0.4, -0.2) is 33.0 Å². The van der Waals surface area contributed by atoms with Gasteiger partial charge in [-0.05, 0) is 58.1 Å². The van der Waals surface area contributed by atoms with Crippen LogP contribution >= 0.6 is 0 Å². The fraction of sp³-hybridized carbons (Fsp3) is 0.182. The first-order chi connectivity index (χ1) is 14.3. The SMILES string of the molecule is CCCCOc1ccc(C=NNc2nnnn2-c2cccc3ccccc23)cc1. The number of nitrogens with one attached hydrogen (secondary N) is 1. The number of aromatic nitrogens is 4. The number of ether oxygens (including phenoxy) is 1. The molecular weight excluding hydrogens is 364 g/mol. The average molecular weight is 386 g/mol. The van der Waals surface area contributed by atoms with Crippen LogP contribution in [0.3, 0.4) is 0 Å². The molecule has 0 amide bonds. The van der Waals surface area contributed by atoms with E-state index in [-0.39, 0.29) is 0 Å². The van der Waals surface area contributed by atoms with Crippen molar-refractivity contribution in [2.24, 2.45) is 5.10 Å². The Bertz CT molecular complexity index is 1100. The van der Waals surface area contributed by atoms with Gasteiger partial charge in [-0.1, -0.05) is 54.8 Å². The van der Waals surface area contributed by atoms with E-state index in [0.717, 1.165) is 47.2 Å². The van der Waals surface area contributed by atoms with E-state index in [0.29, 0.717) is 5.95 Å². The lowest BCUT2D eigenvalue weighted by Crippen LogP contribution is -2.04. The fourth-order valence-corrected chi connectivity index (χ4v) is 2.96. The first-order valence-corrected chi connectivity index (χ1v) is 9.63. The highest BCUT2D eigenvalue weighted by Gasteiger charge is 2.10. The smallest absolute Gasteiger partial charge is 0.268 e. The molecule has 0 aliphatic carbocycles. The molecule has 7 heteroatoms. The number of rotatable bonds is 8. The van der Waals surface area contributed by atoms with Crippen molar-refractivity contribution < 1.29 is 4.74 Å². The van der Waals surface area contributed by atoms with E-state index in [1.807, 2.05) is 54.6 Å². The summed E-state index contributed by atoms with van der Waals surface area (Å²) in [6.07, 6.45) is 3.89. The molecule has 7 nitrogen and oxygen atoms in total. The molecule has 0 saturated heterocycles. The fourth-order valence-electron chi connectivity index (χ4n) is 2.96. The van der Waals surface area contributed by atoms with Crippen LogP contribution in [0.5, 0.6) is 5.75 Å². The van der Waals surface area contributed by atoms with Gasteiger partial charge in [-0.15, -0.1) is 0 Å². The molecule has 4 aromatic rings. The van der Waals surface area contributed by atoms with Crippen molar-refractivity contribution in [2.45, 2.75) is 19.8 Å². The number of unbranched alkanes of at least 4 members (excludes halogenated alkanes) is 1. The number of hydrazone groups is 1. The zero-order chi connectivity index (χ0) is 19.9. The molecule has 29 heavy (non-hydrogen) atoms. The summed E-state index contributed by atoms with van der Waals surface area (Å²) in [6, 6.07) is 21.9. The van der Waals surface area contributed by atoms with Gasteiger partial charge in [0.15, 0.2) is 0 Å². The van der Waals surface area contributed by atoms with Crippen LogP contribution in [0.4, 0.5) is 5.95 Å². The topological polar surface area (TPSA) is 77.2 Å². The van der Waals surface area contributed by atoms with Gasteiger partial charge in [0, 0.05) is 5.39 Å². The van der Waals surface area contributed by atoms with Gasteiger partial charge in [0.25, 0.3) is 5.95 Å². The minimum absolute atomic E-state index is 0.442. The van der Waals surface area contributed by atoms with Gasteiger partial charge >= 0.3 is 0 Å². The Morgan fingerprint density at radius 3 is 2.72 bits per heavy atom. The van der Waals surface area contributed by atoms with E-state index >= 15 is 0 Å². The Labute approximate surface area is 169 Å². The average Bonchev–Trinajstić information content (AvgIpc) is 3.23. The summed E-state index contributed by atoms with van der Waals surface area (Å²) in [6.45, 7) is 2.88. The first kappa shape index (κ1) is 18.6. The summed E-state index contributed by atoms with van der Waals surface area (Å²) < 4.78 is 7.32. The lowest BCUT2D eigenvalue weighted by atomic mass is 10.1. The number of hydrogen-bond acceptors (Lipinski definition) is 6. The predicted octanol–water partition coefficient (Wildman–Crippen LogP) is 4.44. The maximum Gasteiger partial charge on any atom is 0.268 e. The summed E-state index contributed by atoms with van der Waals surface area (Å²) >= 11 is 0. The van der Waals surface area contributed by atoms with E-state index in [2.05, 4.69) is 45.1 Å². The Morgan fingerprint density at radius 1 is 1.03 bits per heavy atom. The zero-order valence-electron chi connectivity index (χ0n) is 16.2. The van der Waals surface area contributed by atoms with Crippen molar-refractivity contribution in [3.8, 4) is 11.4 Å². The maximum atomic E-state index is 5.67. The second kappa shape index (κ2) is 8.97. The first-order valence-electron chi connectivity index (χ1n) is 9.63. The van der Waals surface area contributed by atoms with Gasteiger partial charge in [0.2, 0.25) is 0 Å². The van der Waals surface area contributed by atoms with Gasteiger partial charge in [0.1, 0.15) is 5.75 Å². The van der Waals surface area contributed by atoms with Gasteiger partial charge in [-0.2, -0.15) is 9.78 Å². The quantitative estimate of drug-likeness (QED) is 0.275. The van der Waals surface area contributed by atoms with E-state index in [9.17, 15) is 0 Å². The predicted molar refractivity (Wildman–Crippen MR) is 115 cm³/mol. The highest BCUT2D eigenvalue weighted by atomic mass is 16.5. The van der Waals surface area contributed by atoms with Crippen LogP contribution in [-0.2, 0) is 0 Å². The number of fused-ring (bicyclic) bond motifs is 1. The van der Waals surface area contributed by atoms with Gasteiger partial charge < -0.3 is 4.74 Å². The Kier molecular flexibility index (Phi) is 5.76. The Balaban J connectivity index is 1.47. The molecule has 0 fully saturated rings. The van der Waals surface area contributed by atoms with E-state index in [1.54, 1.807) is 10.9 Å². The maximum absolute atomic E-state index is 5.67. The molecule has 0 aliphatic heterocycles. The van der Waals surface area contributed by atoms with Crippen molar-refractivity contribution in [3.05, 3.63) is 72.3 Å². The molecule has 0 saturated carbocycles. The summed E-state index contributed by atoms with van der Waals surface area (Å²) in [4.78, 5) is 0. The largest absolute Gasteiger partial charge is 0.494 e. The summed E-state index contributed by atoms with van der Waals surface area (Å²) in [5, 5.41) is 18.4. The molecule has 146 valence electrons. The second-order valence-electron chi connectivity index (χ2n) is 6.55. The number of hydrogen-bond donors (Lipinski definition) is 1. The molecule has 1 heterocycles. The molecule has 3 aromatic carbocycles. The summed E-state index contributed by atoms with van der Waals surface area (Å²) in [5.41, 5.74) is 4.76. The number of benzene rings is 3. The molecule has 0 aliphatic rings. The molecule has 0 bridgehead atoms. The molecule has 0 radical (unpaired) electrons. The monoisotopic (exact) mass is 386 g/mol. The standard InChI is InChI=1S/C22H22N6O/c1-2-3-15-29-19-13-11-17(12-14-19)16-23-24-22-25-26-27-28(22)21-10-6-8-18-7-4-5-9-20(18)21/h4-14,16H,2-3,15H2,1H3,(H,24,25,27). The van der Waals surface area contributed by atoms with Crippen molar-refractivity contribution in [2.75, 3.05) is 12.0 Å². The third-order valence-corrected chi connectivity index (χ3v) is 4.49. The van der Waals surface area contributed by atoms with Crippen LogP contribution < -0.4 is 10.2 Å². The second-order valence-corrected chi connectivity index (χ2v) is 6.55. The molecular formula is C22H22N6O.